The summed E-state index contributed by atoms with van der Waals surface area (Å²) in [5, 5.41) is 7.70. The molecule has 12 heteroatoms. The van der Waals surface area contributed by atoms with Gasteiger partial charge in [0, 0.05) is 44.0 Å². The zero-order valence-corrected chi connectivity index (χ0v) is 17.8. The largest absolute Gasteiger partial charge is 0.390 e. The number of rotatable bonds is 4. The number of nitrogens with one attached hydrogen (secondary N) is 3. The highest BCUT2D eigenvalue weighted by Crippen LogP contribution is 2.39. The summed E-state index contributed by atoms with van der Waals surface area (Å²) in [5.74, 6) is 0.785. The molecule has 3 heterocycles. The van der Waals surface area contributed by atoms with Crippen molar-refractivity contribution in [2.75, 3.05) is 30.8 Å². The predicted octanol–water partition coefficient (Wildman–Crippen LogP) is 3.53. The Morgan fingerprint density at radius 3 is 2.79 bits per heavy atom. The van der Waals surface area contributed by atoms with Gasteiger partial charge in [0.1, 0.15) is 17.5 Å². The predicted molar refractivity (Wildman–Crippen MR) is 114 cm³/mol. The summed E-state index contributed by atoms with van der Waals surface area (Å²) < 4.78 is 53.4. The lowest BCUT2D eigenvalue weighted by atomic mass is 9.98. The van der Waals surface area contributed by atoms with Gasteiger partial charge < -0.3 is 20.5 Å². The van der Waals surface area contributed by atoms with Crippen LogP contribution in [0.1, 0.15) is 12.0 Å². The minimum Gasteiger partial charge on any atom is -0.369 e. The average Bonchev–Trinajstić information content (AvgIpc) is 3.24. The molecule has 3 N–H and O–H groups in total. The zero-order chi connectivity index (χ0) is 23.8. The monoisotopic (exact) mass is 463 g/mol. The Labute approximate surface area is 186 Å². The second-order valence-electron chi connectivity index (χ2n) is 7.55. The van der Waals surface area contributed by atoms with E-state index >= 15 is 0 Å². The van der Waals surface area contributed by atoms with Crippen molar-refractivity contribution in [3.63, 3.8) is 0 Å². The van der Waals surface area contributed by atoms with Gasteiger partial charge in [0.2, 0.25) is 5.62 Å². The van der Waals surface area contributed by atoms with Crippen molar-refractivity contribution in [3.05, 3.63) is 41.4 Å². The molecule has 0 radical (unpaired) electrons. The molecule has 0 unspecified atom stereocenters. The van der Waals surface area contributed by atoms with Gasteiger partial charge in [0.15, 0.2) is 0 Å². The lowest BCUT2D eigenvalue weighted by molar-refractivity contribution is -0.132. The van der Waals surface area contributed by atoms with E-state index in [1.165, 1.54) is 12.1 Å². The van der Waals surface area contributed by atoms with Gasteiger partial charge in [-0.2, -0.15) is 18.2 Å². The van der Waals surface area contributed by atoms with Crippen molar-refractivity contribution < 1.29 is 22.4 Å². The van der Waals surface area contributed by atoms with Crippen LogP contribution in [0.4, 0.5) is 33.9 Å². The molecular formula is C21H21F4N7O. The van der Waals surface area contributed by atoms with Crippen LogP contribution in [0.15, 0.2) is 29.4 Å². The van der Waals surface area contributed by atoms with Gasteiger partial charge in [0.25, 0.3) is 0 Å². The number of hydrogen-bond donors (Lipinski definition) is 3. The fraction of sp³-hybridized carbons (Fsp3) is 0.333. The first-order chi connectivity index (χ1) is 15.7. The van der Waals surface area contributed by atoms with E-state index in [0.29, 0.717) is 35.7 Å². The maximum atomic E-state index is 14.6. The number of halogens is 4. The third-order valence-corrected chi connectivity index (χ3v) is 5.24. The maximum absolute atomic E-state index is 14.6. The van der Waals surface area contributed by atoms with E-state index in [1.54, 1.807) is 20.2 Å². The summed E-state index contributed by atoms with van der Waals surface area (Å²) in [6, 6.07) is 3.68. The number of aromatic nitrogens is 3. The summed E-state index contributed by atoms with van der Waals surface area (Å²) in [6.07, 6.45) is -3.92. The van der Waals surface area contributed by atoms with Gasteiger partial charge in [-0.05, 0) is 36.2 Å². The lowest BCUT2D eigenvalue weighted by Crippen LogP contribution is -2.32. The van der Waals surface area contributed by atoms with Gasteiger partial charge in [-0.15, -0.1) is 0 Å². The van der Waals surface area contributed by atoms with Crippen molar-refractivity contribution in [2.45, 2.75) is 26.1 Å². The second-order valence-corrected chi connectivity index (χ2v) is 7.55. The Morgan fingerprint density at radius 2 is 2.06 bits per heavy atom. The quantitative estimate of drug-likeness (QED) is 0.516. The highest BCUT2D eigenvalue weighted by atomic mass is 19.4. The molecule has 3 aliphatic heterocycles. The number of aryl methyl sites for hydroxylation is 1. The molecule has 0 saturated heterocycles. The van der Waals surface area contributed by atoms with Crippen molar-refractivity contribution in [3.8, 4) is 22.5 Å². The number of alkyl halides is 3. The average molecular weight is 463 g/mol. The number of fused-ring (bicyclic) bond motifs is 3. The standard InChI is InChI=1S/C21H21F4N7O/c1-11-7-15(22)16(30-20(33)28-4-3-21(23,24)25)9-13(11)14-8-12-10-29-19(26-2)31-17(12)32-6-5-27-18(14)32/h7-10,27H,3-6H2,1-2H3,(H2,28,30,33). The van der Waals surface area contributed by atoms with Crippen molar-refractivity contribution in [1.29, 1.82) is 0 Å². The number of nitrogens with zero attached hydrogens (tertiary/aromatic N) is 4. The van der Waals surface area contributed by atoms with Crippen molar-refractivity contribution in [1.82, 2.24) is 19.9 Å². The minimum absolute atomic E-state index is 0.145. The third-order valence-electron chi connectivity index (χ3n) is 5.24. The summed E-state index contributed by atoms with van der Waals surface area (Å²) in [7, 11) is 1.61. The van der Waals surface area contributed by atoms with E-state index in [1.807, 2.05) is 10.6 Å². The Bertz CT molecular complexity index is 1250. The summed E-state index contributed by atoms with van der Waals surface area (Å²) in [6.45, 7) is 2.45. The van der Waals surface area contributed by atoms with E-state index in [9.17, 15) is 22.4 Å². The third kappa shape index (κ3) is 4.73. The van der Waals surface area contributed by atoms with Gasteiger partial charge >= 0.3 is 12.2 Å². The molecule has 0 spiro atoms. The Hall–Kier alpha value is -3.70. The molecule has 0 aliphatic carbocycles. The molecule has 33 heavy (non-hydrogen) atoms. The first-order valence-corrected chi connectivity index (χ1v) is 10.2. The fourth-order valence-corrected chi connectivity index (χ4v) is 3.72. The van der Waals surface area contributed by atoms with E-state index in [4.69, 9.17) is 0 Å². The molecule has 2 amide bonds. The first kappa shape index (κ1) is 22.5. The number of carbonyl (C=O) groups excluding carboxylic acids is 1. The van der Waals surface area contributed by atoms with Crippen LogP contribution >= 0.6 is 0 Å². The van der Waals surface area contributed by atoms with Crippen LogP contribution in [0.3, 0.4) is 0 Å². The molecule has 0 aromatic heterocycles. The summed E-state index contributed by atoms with van der Waals surface area (Å²) in [4.78, 5) is 24.7. The highest BCUT2D eigenvalue weighted by Gasteiger charge is 2.27. The molecule has 0 saturated carbocycles. The van der Waals surface area contributed by atoms with Crippen molar-refractivity contribution >= 4 is 17.5 Å². The lowest BCUT2D eigenvalue weighted by Gasteiger charge is -2.19. The molecule has 0 fully saturated rings. The van der Waals surface area contributed by atoms with Crippen molar-refractivity contribution in [2.24, 2.45) is 4.99 Å². The summed E-state index contributed by atoms with van der Waals surface area (Å²) in [5.41, 5.74) is 2.99. The first-order valence-electron chi connectivity index (χ1n) is 10.2. The van der Waals surface area contributed by atoms with Crippen LogP contribution < -0.4 is 21.6 Å². The van der Waals surface area contributed by atoms with E-state index in [-0.39, 0.29) is 5.69 Å². The number of benzene rings is 1. The van der Waals surface area contributed by atoms with E-state index < -0.39 is 31.0 Å². The normalized spacial score (nSPS) is 13.7. The highest BCUT2D eigenvalue weighted by molar-refractivity contribution is 5.92. The fourth-order valence-electron chi connectivity index (χ4n) is 3.72. The van der Waals surface area contributed by atoms with E-state index in [2.05, 4.69) is 30.9 Å². The molecule has 1 aromatic rings. The van der Waals surface area contributed by atoms with Crippen LogP contribution in [0.5, 0.6) is 0 Å². The number of hydrogen-bond acceptors (Lipinski definition) is 5. The van der Waals surface area contributed by atoms with Crippen LogP contribution in [-0.4, -0.2) is 46.9 Å². The molecule has 8 nitrogen and oxygen atoms in total. The van der Waals surface area contributed by atoms with Gasteiger partial charge in [-0.25, -0.2) is 14.2 Å². The topological polar surface area (TPSA) is 96.2 Å². The van der Waals surface area contributed by atoms with Crippen LogP contribution in [-0.2, 0) is 6.54 Å². The van der Waals surface area contributed by atoms with Crippen LogP contribution in [0, 0.1) is 12.7 Å². The molecule has 4 rings (SSSR count). The number of pyridine rings is 1. The molecule has 0 bridgehead atoms. The Morgan fingerprint density at radius 1 is 1.27 bits per heavy atom. The molecule has 174 valence electrons. The minimum atomic E-state index is -4.40. The number of urea groups is 1. The zero-order valence-electron chi connectivity index (χ0n) is 17.8. The number of carbonyl (C=O) groups is 1. The summed E-state index contributed by atoms with van der Waals surface area (Å²) >= 11 is 0. The molecule has 3 aliphatic rings. The maximum Gasteiger partial charge on any atom is 0.390 e. The SMILES string of the molecule is CN=c1ncc2cc(-c3cc(NC(=O)NCCC(F)(F)F)c(F)cc3C)c3n(c-2n1)CCN3. The second kappa shape index (κ2) is 8.68. The number of anilines is 2. The number of amides is 2. The van der Waals surface area contributed by atoms with Gasteiger partial charge in [0.05, 0.1) is 12.1 Å². The molecule has 1 aromatic carbocycles. The smallest absolute Gasteiger partial charge is 0.369 e. The van der Waals surface area contributed by atoms with E-state index in [0.717, 1.165) is 16.9 Å². The Balaban J connectivity index is 1.70. The van der Waals surface area contributed by atoms with Gasteiger partial charge in [-0.3, -0.25) is 4.99 Å². The molecular weight excluding hydrogens is 442 g/mol. The molecule has 0 atom stereocenters. The van der Waals surface area contributed by atoms with Crippen LogP contribution in [0.2, 0.25) is 0 Å². The Kier molecular flexibility index (Phi) is 5.91. The van der Waals surface area contributed by atoms with Crippen LogP contribution in [0.25, 0.3) is 22.5 Å². The van der Waals surface area contributed by atoms with Gasteiger partial charge in [-0.1, -0.05) is 0 Å².